The standard InChI is InChI=1S/C16H16F3N3O4S2/c17-16(18,19)6-3-9-28(25,26)22(20)15(24)12-4-1-7-21(10-12)11-13(23)14-5-2-8-27-14/h1-3,5-8,10H,4,9,11,20H2. The molecule has 0 radical (unpaired) electrons. The number of rotatable bonds is 7. The highest BCUT2D eigenvalue weighted by Crippen LogP contribution is 2.18. The van der Waals surface area contributed by atoms with Crippen LogP contribution in [-0.2, 0) is 14.8 Å². The number of carbonyl (C=O) groups is 2. The minimum Gasteiger partial charge on any atom is -0.346 e. The van der Waals surface area contributed by atoms with Crippen LogP contribution in [0, 0.1) is 0 Å². The molecule has 1 aliphatic heterocycles. The van der Waals surface area contributed by atoms with Crippen molar-refractivity contribution in [3.63, 3.8) is 0 Å². The predicted octanol–water partition coefficient (Wildman–Crippen LogP) is 2.18. The summed E-state index contributed by atoms with van der Waals surface area (Å²) in [5.41, 5.74) is -0.0210. The third-order valence-corrected chi connectivity index (χ3v) is 5.76. The summed E-state index contributed by atoms with van der Waals surface area (Å²) in [6.45, 7) is -0.0700. The molecule has 2 rings (SSSR count). The van der Waals surface area contributed by atoms with E-state index in [1.807, 2.05) is 0 Å². The Balaban J connectivity index is 2.06. The van der Waals surface area contributed by atoms with Gasteiger partial charge in [0.05, 0.1) is 17.2 Å². The maximum absolute atomic E-state index is 12.3. The average Bonchev–Trinajstić information content (AvgIpc) is 3.14. The highest BCUT2D eigenvalue weighted by Gasteiger charge is 2.28. The van der Waals surface area contributed by atoms with E-state index in [1.54, 1.807) is 29.8 Å². The van der Waals surface area contributed by atoms with Crippen LogP contribution in [0.2, 0.25) is 0 Å². The van der Waals surface area contributed by atoms with Gasteiger partial charge in [-0.15, -0.1) is 11.3 Å². The lowest BCUT2D eigenvalue weighted by Gasteiger charge is -2.23. The van der Waals surface area contributed by atoms with E-state index in [0.29, 0.717) is 11.0 Å². The van der Waals surface area contributed by atoms with Crippen molar-refractivity contribution in [2.24, 2.45) is 5.84 Å². The molecule has 1 aromatic rings. The zero-order valence-corrected chi connectivity index (χ0v) is 15.9. The average molecular weight is 435 g/mol. The van der Waals surface area contributed by atoms with Gasteiger partial charge in [-0.25, -0.2) is 14.3 Å². The highest BCUT2D eigenvalue weighted by atomic mass is 32.2. The molecule has 28 heavy (non-hydrogen) atoms. The van der Waals surface area contributed by atoms with Crippen LogP contribution >= 0.6 is 11.3 Å². The maximum atomic E-state index is 12.3. The molecule has 152 valence electrons. The van der Waals surface area contributed by atoms with E-state index in [-0.39, 0.29) is 34.8 Å². The van der Waals surface area contributed by atoms with Gasteiger partial charge in [0.25, 0.3) is 15.9 Å². The minimum atomic E-state index is -4.68. The van der Waals surface area contributed by atoms with Gasteiger partial charge in [-0.2, -0.15) is 17.6 Å². The first-order chi connectivity index (χ1) is 13.0. The molecule has 7 nitrogen and oxygen atoms in total. The number of hydrazine groups is 1. The first-order valence-corrected chi connectivity index (χ1v) is 10.2. The van der Waals surface area contributed by atoms with Crippen molar-refractivity contribution in [1.82, 2.24) is 9.31 Å². The van der Waals surface area contributed by atoms with Gasteiger partial charge in [0, 0.05) is 24.0 Å². The topological polar surface area (TPSA) is 101 Å². The van der Waals surface area contributed by atoms with Gasteiger partial charge in [-0.3, -0.25) is 9.59 Å². The lowest BCUT2D eigenvalue weighted by atomic mass is 10.1. The van der Waals surface area contributed by atoms with Crippen molar-refractivity contribution in [2.75, 3.05) is 12.3 Å². The van der Waals surface area contributed by atoms with Crippen LogP contribution in [0.1, 0.15) is 16.1 Å². The van der Waals surface area contributed by atoms with Gasteiger partial charge in [0.2, 0.25) is 0 Å². The van der Waals surface area contributed by atoms with Gasteiger partial charge in [0.15, 0.2) is 5.78 Å². The Morgan fingerprint density at radius 2 is 2.07 bits per heavy atom. The van der Waals surface area contributed by atoms with Crippen molar-refractivity contribution in [1.29, 1.82) is 0 Å². The number of nitrogens with two attached hydrogens (primary N) is 1. The summed E-state index contributed by atoms with van der Waals surface area (Å²) in [7, 11) is -4.48. The van der Waals surface area contributed by atoms with Gasteiger partial charge >= 0.3 is 6.18 Å². The monoisotopic (exact) mass is 435 g/mol. The van der Waals surface area contributed by atoms with Crippen LogP contribution in [0.5, 0.6) is 0 Å². The molecule has 0 atom stereocenters. The Bertz CT molecular complexity index is 919. The molecular weight excluding hydrogens is 419 g/mol. The SMILES string of the molecule is NN(C(=O)C1=CN(CC(=O)c2cccs2)C=CC1)S(=O)(=O)CC=CC(F)(F)F. The molecule has 2 heterocycles. The number of hydrogen-bond donors (Lipinski definition) is 1. The second kappa shape index (κ2) is 8.71. The van der Waals surface area contributed by atoms with E-state index in [2.05, 4.69) is 0 Å². The zero-order chi connectivity index (χ0) is 20.9. The number of thiophene rings is 1. The fraction of sp³-hybridized carbons (Fsp3) is 0.250. The summed E-state index contributed by atoms with van der Waals surface area (Å²) in [6, 6.07) is 3.37. The van der Waals surface area contributed by atoms with Crippen molar-refractivity contribution >= 4 is 33.1 Å². The number of halogens is 3. The lowest BCUT2D eigenvalue weighted by Crippen LogP contribution is -2.44. The summed E-state index contributed by atoms with van der Waals surface area (Å²) in [4.78, 5) is 26.4. The molecule has 1 aliphatic rings. The number of amides is 1. The fourth-order valence-corrected chi connectivity index (χ4v) is 3.71. The molecule has 0 saturated carbocycles. The summed E-state index contributed by atoms with van der Waals surface area (Å²) in [5, 5.41) is 1.74. The molecule has 12 heteroatoms. The molecule has 0 aromatic carbocycles. The Morgan fingerprint density at radius 1 is 1.36 bits per heavy atom. The molecule has 1 aromatic heterocycles. The number of nitrogens with zero attached hydrogens (tertiary/aromatic N) is 2. The third-order valence-electron chi connectivity index (χ3n) is 3.47. The molecule has 0 bridgehead atoms. The van der Waals surface area contributed by atoms with Gasteiger partial charge in [-0.1, -0.05) is 18.2 Å². The summed E-state index contributed by atoms with van der Waals surface area (Å²) in [6.07, 6.45) is -0.111. The van der Waals surface area contributed by atoms with Gasteiger partial charge in [-0.05, 0) is 17.9 Å². The number of allylic oxidation sites excluding steroid dienone is 2. The molecule has 0 saturated heterocycles. The van der Waals surface area contributed by atoms with Crippen LogP contribution in [0.3, 0.4) is 0 Å². The molecule has 0 aliphatic carbocycles. The normalized spacial score (nSPS) is 15.0. The lowest BCUT2D eigenvalue weighted by molar-refractivity contribution is -0.123. The van der Waals surface area contributed by atoms with E-state index in [1.165, 1.54) is 22.4 Å². The molecule has 1 amide bonds. The Labute approximate surface area is 163 Å². The fourth-order valence-electron chi connectivity index (χ4n) is 2.18. The second-order valence-corrected chi connectivity index (χ2v) is 8.48. The Morgan fingerprint density at radius 3 is 2.68 bits per heavy atom. The molecule has 2 N–H and O–H groups in total. The summed E-state index contributed by atoms with van der Waals surface area (Å²) < 4.78 is 60.1. The first-order valence-electron chi connectivity index (χ1n) is 7.76. The van der Waals surface area contributed by atoms with E-state index in [4.69, 9.17) is 5.84 Å². The molecule has 0 fully saturated rings. The van der Waals surface area contributed by atoms with Crippen molar-refractivity contribution < 1.29 is 31.2 Å². The van der Waals surface area contributed by atoms with Crippen molar-refractivity contribution in [2.45, 2.75) is 12.6 Å². The highest BCUT2D eigenvalue weighted by molar-refractivity contribution is 7.89. The molecule has 0 spiro atoms. The van der Waals surface area contributed by atoms with Crippen molar-refractivity contribution in [3.05, 3.63) is 58.6 Å². The van der Waals surface area contributed by atoms with Crippen LogP contribution in [0.25, 0.3) is 0 Å². The molecular formula is C16H16F3N3O4S2. The summed E-state index contributed by atoms with van der Waals surface area (Å²) >= 11 is 1.26. The van der Waals surface area contributed by atoms with Crippen molar-refractivity contribution in [3.8, 4) is 0 Å². The number of Topliss-reactive ketones (excluding diaryl/α,β-unsaturated/α-hetero) is 1. The molecule has 0 unspecified atom stereocenters. The number of carbonyl (C=O) groups excluding carboxylic acids is 2. The Hall–Kier alpha value is -2.44. The van der Waals surface area contributed by atoms with Crippen LogP contribution in [0.15, 0.2) is 53.7 Å². The van der Waals surface area contributed by atoms with Crippen LogP contribution in [-0.4, -0.2) is 47.9 Å². The van der Waals surface area contributed by atoms with E-state index in [9.17, 15) is 31.2 Å². The number of hydrogen-bond acceptors (Lipinski definition) is 7. The third kappa shape index (κ3) is 6.04. The van der Waals surface area contributed by atoms with Crippen LogP contribution < -0.4 is 5.84 Å². The first kappa shape index (κ1) is 21.9. The minimum absolute atomic E-state index is 0.0210. The van der Waals surface area contributed by atoms with E-state index in [0.717, 1.165) is 0 Å². The van der Waals surface area contributed by atoms with Crippen LogP contribution in [0.4, 0.5) is 13.2 Å². The van der Waals surface area contributed by atoms with Gasteiger partial charge in [0.1, 0.15) is 0 Å². The second-order valence-electron chi connectivity index (χ2n) is 5.64. The number of alkyl halides is 3. The Kier molecular flexibility index (Phi) is 6.80. The zero-order valence-electron chi connectivity index (χ0n) is 14.3. The maximum Gasteiger partial charge on any atom is 0.409 e. The predicted molar refractivity (Wildman–Crippen MR) is 97.2 cm³/mol. The quantitative estimate of drug-likeness (QED) is 0.232. The van der Waals surface area contributed by atoms with E-state index < -0.39 is 27.9 Å². The number of sulfonamides is 1. The largest absolute Gasteiger partial charge is 0.409 e. The number of ketones is 1. The van der Waals surface area contributed by atoms with Gasteiger partial charge < -0.3 is 4.90 Å². The smallest absolute Gasteiger partial charge is 0.346 e. The summed E-state index contributed by atoms with van der Waals surface area (Å²) in [5.74, 6) is 2.97. The van der Waals surface area contributed by atoms with E-state index >= 15 is 0 Å².